The van der Waals surface area contributed by atoms with Crippen LogP contribution in [0.4, 0.5) is 13.2 Å². The number of hydrogen-bond acceptors (Lipinski definition) is 3. The Morgan fingerprint density at radius 1 is 1.12 bits per heavy atom. The molecule has 1 amide bonds. The summed E-state index contributed by atoms with van der Waals surface area (Å²) < 4.78 is 69.7. The van der Waals surface area contributed by atoms with Gasteiger partial charge < -0.3 is 4.90 Å². The fourth-order valence-electron chi connectivity index (χ4n) is 5.34. The van der Waals surface area contributed by atoms with E-state index < -0.39 is 39.6 Å². The van der Waals surface area contributed by atoms with Gasteiger partial charge in [0.2, 0.25) is 15.9 Å². The van der Waals surface area contributed by atoms with Crippen LogP contribution in [0.5, 0.6) is 0 Å². The van der Waals surface area contributed by atoms with E-state index in [2.05, 4.69) is 4.72 Å². The van der Waals surface area contributed by atoms with Gasteiger partial charge in [-0.15, -0.1) is 0 Å². The lowest BCUT2D eigenvalue weighted by molar-refractivity contribution is -0.140. The Labute approximate surface area is 191 Å². The van der Waals surface area contributed by atoms with Crippen LogP contribution in [0.25, 0.3) is 11.1 Å². The molecule has 2 aliphatic carbocycles. The lowest BCUT2D eigenvalue weighted by atomic mass is 9.83. The third-order valence-corrected chi connectivity index (χ3v) is 7.84. The summed E-state index contributed by atoms with van der Waals surface area (Å²) in [6.07, 6.45) is 4.55. The van der Waals surface area contributed by atoms with E-state index in [1.165, 1.54) is 6.07 Å². The summed E-state index contributed by atoms with van der Waals surface area (Å²) >= 11 is 0. The second-order valence-electron chi connectivity index (χ2n) is 9.46. The maximum atomic E-state index is 15.5. The Morgan fingerprint density at radius 2 is 1.82 bits per heavy atom. The normalized spacial score (nSPS) is 26.7. The number of piperidine rings is 1. The van der Waals surface area contributed by atoms with Gasteiger partial charge in [-0.2, -0.15) is 0 Å². The molecule has 5 nitrogen and oxygen atoms in total. The molecular weight excluding hydrogens is 453 g/mol. The lowest BCUT2D eigenvalue weighted by Gasteiger charge is -2.37. The Kier molecular flexibility index (Phi) is 5.52. The van der Waals surface area contributed by atoms with Crippen molar-refractivity contribution in [3.8, 4) is 11.1 Å². The SMILES string of the molecule is CS(=O)(=O)N[C@@H]1[C@H]2C[C@H]2N(C(=O)C2CCC2)[C@@H]1Cc1cccc(-c2cc(F)cc(F)c2)c1F. The number of hydrogen-bond donors (Lipinski definition) is 1. The highest BCUT2D eigenvalue weighted by atomic mass is 32.2. The van der Waals surface area contributed by atoms with Crippen molar-refractivity contribution in [2.75, 3.05) is 6.26 Å². The van der Waals surface area contributed by atoms with Crippen molar-refractivity contribution in [2.24, 2.45) is 11.8 Å². The molecule has 1 N–H and O–H groups in total. The molecule has 9 heteroatoms. The van der Waals surface area contributed by atoms with Crippen molar-refractivity contribution in [3.05, 3.63) is 59.4 Å². The van der Waals surface area contributed by atoms with Gasteiger partial charge in [0, 0.05) is 29.6 Å². The van der Waals surface area contributed by atoms with E-state index in [-0.39, 0.29) is 46.9 Å². The first-order valence-corrected chi connectivity index (χ1v) is 13.0. The minimum absolute atomic E-state index is 0.0114. The first-order chi connectivity index (χ1) is 15.6. The molecule has 33 heavy (non-hydrogen) atoms. The Bertz CT molecular complexity index is 1200. The number of nitrogens with zero attached hydrogens (tertiary/aromatic N) is 1. The molecule has 4 atom stereocenters. The molecule has 0 spiro atoms. The van der Waals surface area contributed by atoms with Crippen LogP contribution in [-0.4, -0.2) is 43.6 Å². The van der Waals surface area contributed by atoms with Gasteiger partial charge >= 0.3 is 0 Å². The summed E-state index contributed by atoms with van der Waals surface area (Å²) in [5.74, 6) is -2.27. The average Bonchev–Trinajstić information content (AvgIpc) is 3.39. The number of halogens is 3. The van der Waals surface area contributed by atoms with Gasteiger partial charge in [-0.05, 0) is 54.9 Å². The molecule has 0 bridgehead atoms. The number of amides is 1. The van der Waals surface area contributed by atoms with Gasteiger partial charge in [0.25, 0.3) is 0 Å². The maximum absolute atomic E-state index is 15.5. The third-order valence-electron chi connectivity index (χ3n) is 7.14. The predicted molar refractivity (Wildman–Crippen MR) is 117 cm³/mol. The van der Waals surface area contributed by atoms with Crippen LogP contribution in [0.3, 0.4) is 0 Å². The topological polar surface area (TPSA) is 66.5 Å². The number of carbonyl (C=O) groups excluding carboxylic acids is 1. The van der Waals surface area contributed by atoms with Gasteiger partial charge in [-0.25, -0.2) is 26.3 Å². The molecular formula is C24H25F3N2O3S. The monoisotopic (exact) mass is 478 g/mol. The summed E-state index contributed by atoms with van der Waals surface area (Å²) in [4.78, 5) is 15.0. The molecule has 0 radical (unpaired) electrons. The van der Waals surface area contributed by atoms with Crippen LogP contribution in [-0.2, 0) is 21.2 Å². The summed E-state index contributed by atoms with van der Waals surface area (Å²) in [5, 5.41) is 0. The molecule has 2 aromatic carbocycles. The quantitative estimate of drug-likeness (QED) is 0.690. The zero-order chi connectivity index (χ0) is 23.5. The first kappa shape index (κ1) is 22.4. The minimum atomic E-state index is -3.54. The molecule has 0 unspecified atom stereocenters. The van der Waals surface area contributed by atoms with E-state index in [1.807, 2.05) is 0 Å². The number of likely N-dealkylation sites (tertiary alicyclic amines) is 1. The van der Waals surface area contributed by atoms with Crippen molar-refractivity contribution < 1.29 is 26.4 Å². The van der Waals surface area contributed by atoms with Gasteiger partial charge in [0.1, 0.15) is 17.5 Å². The molecule has 2 aromatic rings. The fraction of sp³-hybridized carbons (Fsp3) is 0.458. The highest BCUT2D eigenvalue weighted by Gasteiger charge is 2.61. The minimum Gasteiger partial charge on any atom is -0.334 e. The van der Waals surface area contributed by atoms with Crippen LogP contribution < -0.4 is 4.72 Å². The van der Waals surface area contributed by atoms with E-state index in [4.69, 9.17) is 0 Å². The fourth-order valence-corrected chi connectivity index (χ4v) is 6.16. The van der Waals surface area contributed by atoms with Crippen LogP contribution >= 0.6 is 0 Å². The molecule has 176 valence electrons. The van der Waals surface area contributed by atoms with Crippen LogP contribution in [0.2, 0.25) is 0 Å². The smallest absolute Gasteiger partial charge is 0.226 e. The first-order valence-electron chi connectivity index (χ1n) is 11.2. The Morgan fingerprint density at radius 3 is 2.42 bits per heavy atom. The second-order valence-corrected chi connectivity index (χ2v) is 11.2. The van der Waals surface area contributed by atoms with Gasteiger partial charge in [-0.3, -0.25) is 4.79 Å². The summed E-state index contributed by atoms with van der Waals surface area (Å²) in [5.41, 5.74) is 0.406. The standard InChI is InChI=1S/C24H25F3N2O3S/c1-33(31,32)28-23-19-12-20(19)29(24(30)13-4-2-5-13)21(23)10-14-6-3-7-18(22(14)27)15-8-16(25)11-17(26)9-15/h3,6-9,11,13,19-21,23,28H,2,4-5,10,12H2,1H3/t19-,20+,21+,23+/m0/s1. The van der Waals surface area contributed by atoms with Crippen LogP contribution in [0.15, 0.2) is 36.4 Å². The Hall–Kier alpha value is -2.39. The molecule has 1 aliphatic heterocycles. The van der Waals surface area contributed by atoms with E-state index in [1.54, 1.807) is 17.0 Å². The number of nitrogens with one attached hydrogen (secondary N) is 1. The van der Waals surface area contributed by atoms with Crippen molar-refractivity contribution >= 4 is 15.9 Å². The number of fused-ring (bicyclic) bond motifs is 1. The molecule has 2 saturated carbocycles. The predicted octanol–water partition coefficient (Wildman–Crippen LogP) is 3.63. The van der Waals surface area contributed by atoms with E-state index >= 15 is 4.39 Å². The number of rotatable bonds is 6. The highest BCUT2D eigenvalue weighted by Crippen LogP contribution is 2.50. The molecule has 0 aromatic heterocycles. The molecule has 3 aliphatic rings. The molecule has 1 heterocycles. The summed E-state index contributed by atoms with van der Waals surface area (Å²) in [7, 11) is -3.54. The van der Waals surface area contributed by atoms with Gasteiger partial charge in [-0.1, -0.05) is 24.6 Å². The van der Waals surface area contributed by atoms with Gasteiger partial charge in [0.15, 0.2) is 0 Å². The van der Waals surface area contributed by atoms with Crippen LogP contribution in [0, 0.1) is 29.3 Å². The average molecular weight is 479 g/mol. The number of benzene rings is 2. The zero-order valence-corrected chi connectivity index (χ0v) is 18.9. The highest BCUT2D eigenvalue weighted by molar-refractivity contribution is 7.88. The number of sulfonamides is 1. The molecule has 5 rings (SSSR count). The van der Waals surface area contributed by atoms with Crippen LogP contribution in [0.1, 0.15) is 31.2 Å². The second kappa shape index (κ2) is 8.13. The Balaban J connectivity index is 1.49. The number of carbonyl (C=O) groups is 1. The lowest BCUT2D eigenvalue weighted by Crippen LogP contribution is -2.52. The third kappa shape index (κ3) is 4.28. The molecule has 1 saturated heterocycles. The van der Waals surface area contributed by atoms with E-state index in [0.29, 0.717) is 0 Å². The van der Waals surface area contributed by atoms with E-state index in [0.717, 1.165) is 50.1 Å². The van der Waals surface area contributed by atoms with E-state index in [9.17, 15) is 22.0 Å². The zero-order valence-electron chi connectivity index (χ0n) is 18.1. The summed E-state index contributed by atoms with van der Waals surface area (Å²) in [6.45, 7) is 0. The van der Waals surface area contributed by atoms with Gasteiger partial charge in [0.05, 0.1) is 12.3 Å². The maximum Gasteiger partial charge on any atom is 0.226 e. The molecule has 3 fully saturated rings. The van der Waals surface area contributed by atoms with Crippen molar-refractivity contribution in [1.82, 2.24) is 9.62 Å². The van der Waals surface area contributed by atoms with Crippen molar-refractivity contribution in [2.45, 2.75) is 50.2 Å². The van der Waals surface area contributed by atoms with Crippen molar-refractivity contribution in [1.29, 1.82) is 0 Å². The largest absolute Gasteiger partial charge is 0.334 e. The van der Waals surface area contributed by atoms with Crippen molar-refractivity contribution in [3.63, 3.8) is 0 Å². The summed E-state index contributed by atoms with van der Waals surface area (Å²) in [6, 6.07) is 6.42.